The molecule has 0 saturated carbocycles. The number of aromatic nitrogens is 1. The lowest BCUT2D eigenvalue weighted by Gasteiger charge is -2.22. The number of hydrogen-bond acceptors (Lipinski definition) is 3. The van der Waals surface area contributed by atoms with Crippen LogP contribution in [0.1, 0.15) is 38.1 Å². The van der Waals surface area contributed by atoms with Crippen molar-refractivity contribution in [1.29, 1.82) is 0 Å². The molecule has 0 bridgehead atoms. The maximum atomic E-state index is 11.5. The second kappa shape index (κ2) is 5.77. The average Bonchev–Trinajstić information content (AvgIpc) is 2.62. The highest BCUT2D eigenvalue weighted by molar-refractivity contribution is 5.87. The monoisotopic (exact) mass is 268 g/mol. The summed E-state index contributed by atoms with van der Waals surface area (Å²) in [6.07, 6.45) is 2.71. The van der Waals surface area contributed by atoms with Gasteiger partial charge in [0.25, 0.3) is 0 Å². The van der Waals surface area contributed by atoms with Crippen molar-refractivity contribution in [2.75, 3.05) is 0 Å². The molecule has 0 spiro atoms. The molecule has 1 atom stereocenters. The number of carbonyl (C=O) groups excluding carboxylic acids is 1. The summed E-state index contributed by atoms with van der Waals surface area (Å²) in [6, 6.07) is 1.35. The lowest BCUT2D eigenvalue weighted by molar-refractivity contribution is 0.0503. The van der Waals surface area contributed by atoms with Crippen LogP contribution in [0.3, 0.4) is 0 Å². The van der Waals surface area contributed by atoms with Gasteiger partial charge in [0.15, 0.2) is 0 Å². The first-order chi connectivity index (χ1) is 8.67. The van der Waals surface area contributed by atoms with Gasteiger partial charge in [-0.05, 0) is 33.8 Å². The van der Waals surface area contributed by atoms with E-state index in [1.807, 2.05) is 6.92 Å². The lowest BCUT2D eigenvalue weighted by Crippen LogP contribution is -2.39. The van der Waals surface area contributed by atoms with Crippen molar-refractivity contribution >= 4 is 12.1 Å². The Morgan fingerprint density at radius 2 is 2.11 bits per heavy atom. The summed E-state index contributed by atoms with van der Waals surface area (Å²) >= 11 is 0. The van der Waals surface area contributed by atoms with Crippen molar-refractivity contribution in [3.05, 3.63) is 24.0 Å². The van der Waals surface area contributed by atoms with Gasteiger partial charge in [-0.2, -0.15) is 0 Å². The molecule has 0 radical (unpaired) electrons. The van der Waals surface area contributed by atoms with E-state index in [4.69, 9.17) is 9.84 Å². The number of ether oxygens (including phenoxy) is 1. The van der Waals surface area contributed by atoms with Crippen LogP contribution >= 0.6 is 0 Å². The van der Waals surface area contributed by atoms with Crippen LogP contribution in [-0.2, 0) is 11.3 Å². The van der Waals surface area contributed by atoms with Gasteiger partial charge in [0.05, 0.1) is 5.56 Å². The van der Waals surface area contributed by atoms with Gasteiger partial charge in [-0.15, -0.1) is 0 Å². The highest BCUT2D eigenvalue weighted by atomic mass is 16.6. The van der Waals surface area contributed by atoms with Crippen molar-refractivity contribution < 1.29 is 19.4 Å². The molecule has 106 valence electrons. The zero-order valence-electron chi connectivity index (χ0n) is 11.6. The van der Waals surface area contributed by atoms with E-state index in [0.717, 1.165) is 0 Å². The second-order valence-corrected chi connectivity index (χ2v) is 5.45. The zero-order valence-corrected chi connectivity index (χ0v) is 11.6. The van der Waals surface area contributed by atoms with Crippen molar-refractivity contribution in [1.82, 2.24) is 9.88 Å². The number of carboxylic acid groups (broad SMARTS) is 1. The molecule has 0 aliphatic carbocycles. The molecule has 0 saturated heterocycles. The molecule has 1 rings (SSSR count). The standard InChI is InChI=1S/C13H20N2O4/c1-9(14-12(18)19-13(2,3)4)7-15-6-5-10(8-15)11(16)17/h5-6,8-9H,7H2,1-4H3,(H,14,18)(H,16,17)/t9-/m0/s1. The first kappa shape index (κ1) is 15.1. The minimum Gasteiger partial charge on any atom is -0.478 e. The normalized spacial score (nSPS) is 12.8. The Hall–Kier alpha value is -1.98. The fourth-order valence-electron chi connectivity index (χ4n) is 1.55. The van der Waals surface area contributed by atoms with Crippen LogP contribution in [0.2, 0.25) is 0 Å². The molecule has 6 heteroatoms. The molecule has 1 aromatic heterocycles. The molecule has 6 nitrogen and oxygen atoms in total. The van der Waals surface area contributed by atoms with E-state index >= 15 is 0 Å². The van der Waals surface area contributed by atoms with E-state index < -0.39 is 17.7 Å². The number of nitrogens with one attached hydrogen (secondary N) is 1. The number of alkyl carbamates (subject to hydrolysis) is 1. The summed E-state index contributed by atoms with van der Waals surface area (Å²) in [5, 5.41) is 11.5. The summed E-state index contributed by atoms with van der Waals surface area (Å²) in [7, 11) is 0. The molecular weight excluding hydrogens is 248 g/mol. The van der Waals surface area contributed by atoms with Gasteiger partial charge in [0.1, 0.15) is 5.60 Å². The number of nitrogens with zero attached hydrogens (tertiary/aromatic N) is 1. The SMILES string of the molecule is C[C@@H](Cn1ccc(C(=O)O)c1)NC(=O)OC(C)(C)C. The molecule has 1 aromatic rings. The first-order valence-corrected chi connectivity index (χ1v) is 6.06. The van der Waals surface area contributed by atoms with Crippen LogP contribution in [0.15, 0.2) is 18.5 Å². The topological polar surface area (TPSA) is 80.6 Å². The summed E-state index contributed by atoms with van der Waals surface area (Å²) < 4.78 is 6.85. The molecule has 0 aliphatic heterocycles. The molecule has 0 aliphatic rings. The number of hydrogen-bond donors (Lipinski definition) is 2. The first-order valence-electron chi connectivity index (χ1n) is 6.06. The van der Waals surface area contributed by atoms with Crippen LogP contribution in [0.4, 0.5) is 4.79 Å². The smallest absolute Gasteiger partial charge is 0.407 e. The van der Waals surface area contributed by atoms with Crippen LogP contribution in [0.25, 0.3) is 0 Å². The predicted molar refractivity (Wildman–Crippen MR) is 70.2 cm³/mol. The van der Waals surface area contributed by atoms with E-state index in [1.54, 1.807) is 31.5 Å². The van der Waals surface area contributed by atoms with Crippen LogP contribution in [0.5, 0.6) is 0 Å². The molecule has 1 heterocycles. The number of carboxylic acids is 1. The molecular formula is C13H20N2O4. The van der Waals surface area contributed by atoms with Gasteiger partial charge in [0, 0.05) is 25.0 Å². The average molecular weight is 268 g/mol. The van der Waals surface area contributed by atoms with E-state index in [-0.39, 0.29) is 11.6 Å². The molecule has 19 heavy (non-hydrogen) atoms. The predicted octanol–water partition coefficient (Wildman–Crippen LogP) is 2.10. The number of rotatable bonds is 4. The highest BCUT2D eigenvalue weighted by Gasteiger charge is 2.17. The Morgan fingerprint density at radius 3 is 2.58 bits per heavy atom. The maximum Gasteiger partial charge on any atom is 0.407 e. The van der Waals surface area contributed by atoms with Gasteiger partial charge in [-0.25, -0.2) is 9.59 Å². The highest BCUT2D eigenvalue weighted by Crippen LogP contribution is 2.07. The minimum atomic E-state index is -0.966. The van der Waals surface area contributed by atoms with E-state index in [2.05, 4.69) is 5.32 Å². The number of amides is 1. The van der Waals surface area contributed by atoms with Crippen molar-refractivity contribution in [3.63, 3.8) is 0 Å². The van der Waals surface area contributed by atoms with Gasteiger partial charge >= 0.3 is 12.1 Å². The molecule has 2 N–H and O–H groups in total. The molecule has 1 amide bonds. The number of aromatic carboxylic acids is 1. The van der Waals surface area contributed by atoms with Gasteiger partial charge < -0.3 is 19.7 Å². The maximum absolute atomic E-state index is 11.5. The van der Waals surface area contributed by atoms with Crippen molar-refractivity contribution in [3.8, 4) is 0 Å². The largest absolute Gasteiger partial charge is 0.478 e. The molecule has 0 unspecified atom stereocenters. The molecule has 0 aromatic carbocycles. The van der Waals surface area contributed by atoms with E-state index in [0.29, 0.717) is 6.54 Å². The Bertz CT molecular complexity index is 459. The third-order valence-electron chi connectivity index (χ3n) is 2.25. The summed E-state index contributed by atoms with van der Waals surface area (Å²) in [5.74, 6) is -0.966. The summed E-state index contributed by atoms with van der Waals surface area (Å²) in [6.45, 7) is 7.68. The fraction of sp³-hybridized carbons (Fsp3) is 0.538. The Morgan fingerprint density at radius 1 is 1.47 bits per heavy atom. The van der Waals surface area contributed by atoms with Crippen molar-refractivity contribution in [2.45, 2.75) is 45.9 Å². The van der Waals surface area contributed by atoms with Crippen LogP contribution in [-0.4, -0.2) is 33.4 Å². The third-order valence-corrected chi connectivity index (χ3v) is 2.25. The second-order valence-electron chi connectivity index (χ2n) is 5.45. The van der Waals surface area contributed by atoms with Crippen LogP contribution < -0.4 is 5.32 Å². The number of carbonyl (C=O) groups is 2. The molecule has 0 fully saturated rings. The summed E-state index contributed by atoms with van der Waals surface area (Å²) in [4.78, 5) is 22.3. The van der Waals surface area contributed by atoms with Gasteiger partial charge in [-0.3, -0.25) is 0 Å². The summed E-state index contributed by atoms with van der Waals surface area (Å²) in [5.41, 5.74) is -0.308. The quantitative estimate of drug-likeness (QED) is 0.876. The Balaban J connectivity index is 2.48. The van der Waals surface area contributed by atoms with E-state index in [9.17, 15) is 9.59 Å². The van der Waals surface area contributed by atoms with Crippen LogP contribution in [0, 0.1) is 0 Å². The third kappa shape index (κ3) is 5.46. The Labute approximate surface area is 112 Å². The van der Waals surface area contributed by atoms with Crippen molar-refractivity contribution in [2.24, 2.45) is 0 Å². The van der Waals surface area contributed by atoms with Gasteiger partial charge in [-0.1, -0.05) is 0 Å². The van der Waals surface area contributed by atoms with E-state index in [1.165, 1.54) is 12.3 Å². The van der Waals surface area contributed by atoms with Gasteiger partial charge in [0.2, 0.25) is 0 Å². The minimum absolute atomic E-state index is 0.163. The lowest BCUT2D eigenvalue weighted by atomic mass is 10.2. The fourth-order valence-corrected chi connectivity index (χ4v) is 1.55. The Kier molecular flexibility index (Phi) is 4.58. The zero-order chi connectivity index (χ0) is 14.6.